The van der Waals surface area contributed by atoms with Gasteiger partial charge in [0.05, 0.1) is 18.4 Å². The largest absolute Gasteiger partial charge is 0.497 e. The zero-order valence-electron chi connectivity index (χ0n) is 16.0. The van der Waals surface area contributed by atoms with Gasteiger partial charge in [-0.15, -0.1) is 0 Å². The zero-order valence-corrected chi connectivity index (χ0v) is 16.0. The van der Waals surface area contributed by atoms with Gasteiger partial charge in [0.1, 0.15) is 11.4 Å². The second-order valence-electron chi connectivity index (χ2n) is 7.31. The number of urea groups is 1. The predicted octanol–water partition coefficient (Wildman–Crippen LogP) is 3.18. The number of carbonyl (C=O) groups is 2. The molecule has 2 aromatic carbocycles. The number of para-hydroxylation sites is 1. The summed E-state index contributed by atoms with van der Waals surface area (Å²) in [6, 6.07) is 12.8. The van der Waals surface area contributed by atoms with E-state index >= 15 is 0 Å². The number of nitrogens with one attached hydrogen (secondary N) is 3. The molecule has 2 aliphatic heterocycles. The molecule has 2 aromatic rings. The molecule has 2 aliphatic rings. The Labute approximate surface area is 164 Å². The van der Waals surface area contributed by atoms with Crippen molar-refractivity contribution < 1.29 is 14.3 Å². The lowest BCUT2D eigenvalue weighted by molar-refractivity contribution is 0.0851. The number of rotatable bonds is 2. The van der Waals surface area contributed by atoms with Crippen molar-refractivity contribution in [2.75, 3.05) is 30.8 Å². The minimum Gasteiger partial charge on any atom is -0.497 e. The van der Waals surface area contributed by atoms with E-state index in [2.05, 4.69) is 16.0 Å². The summed E-state index contributed by atoms with van der Waals surface area (Å²) < 4.78 is 5.19. The van der Waals surface area contributed by atoms with E-state index in [-0.39, 0.29) is 11.9 Å². The quantitative estimate of drug-likeness (QED) is 0.747. The Hall–Kier alpha value is -3.22. The van der Waals surface area contributed by atoms with Crippen LogP contribution in [0, 0.1) is 6.92 Å². The lowest BCUT2D eigenvalue weighted by Gasteiger charge is -2.46. The smallest absolute Gasteiger partial charge is 0.321 e. The van der Waals surface area contributed by atoms with Crippen molar-refractivity contribution in [3.05, 3.63) is 53.6 Å². The molecule has 7 heteroatoms. The van der Waals surface area contributed by atoms with Gasteiger partial charge in [-0.2, -0.15) is 0 Å². The lowest BCUT2D eigenvalue weighted by Crippen LogP contribution is -2.63. The Morgan fingerprint density at radius 2 is 1.89 bits per heavy atom. The molecule has 0 atom stereocenters. The Kier molecular flexibility index (Phi) is 4.58. The third-order valence-corrected chi connectivity index (χ3v) is 5.46. The van der Waals surface area contributed by atoms with Gasteiger partial charge in [-0.05, 0) is 30.7 Å². The number of hydrogen-bond donors (Lipinski definition) is 3. The first-order chi connectivity index (χ1) is 13.5. The molecule has 2 heterocycles. The number of nitrogens with zero attached hydrogens (tertiary/aromatic N) is 1. The molecule has 146 valence electrons. The molecule has 0 unspecified atom stereocenters. The normalized spacial score (nSPS) is 17.4. The van der Waals surface area contributed by atoms with Gasteiger partial charge in [-0.1, -0.05) is 18.2 Å². The number of anilines is 2. The van der Waals surface area contributed by atoms with E-state index in [4.69, 9.17) is 4.74 Å². The average molecular weight is 380 g/mol. The predicted molar refractivity (Wildman–Crippen MR) is 108 cm³/mol. The molecule has 0 radical (unpaired) electrons. The molecule has 3 N–H and O–H groups in total. The molecule has 0 bridgehead atoms. The summed E-state index contributed by atoms with van der Waals surface area (Å²) in [5, 5.41) is 9.55. The maximum Gasteiger partial charge on any atom is 0.321 e. The highest BCUT2D eigenvalue weighted by Gasteiger charge is 2.41. The van der Waals surface area contributed by atoms with Gasteiger partial charge in [0.15, 0.2) is 0 Å². The molecule has 28 heavy (non-hydrogen) atoms. The van der Waals surface area contributed by atoms with Crippen LogP contribution in [0.15, 0.2) is 42.5 Å². The fourth-order valence-corrected chi connectivity index (χ4v) is 3.82. The van der Waals surface area contributed by atoms with Gasteiger partial charge >= 0.3 is 6.03 Å². The van der Waals surface area contributed by atoms with E-state index in [0.717, 1.165) is 11.3 Å². The van der Waals surface area contributed by atoms with Crippen molar-refractivity contribution in [2.24, 2.45) is 0 Å². The number of aryl methyl sites for hydroxylation is 1. The Morgan fingerprint density at radius 1 is 1.14 bits per heavy atom. The molecule has 0 aromatic heterocycles. The van der Waals surface area contributed by atoms with Crippen LogP contribution < -0.4 is 20.7 Å². The van der Waals surface area contributed by atoms with Crippen LogP contribution in [0.1, 0.15) is 28.8 Å². The number of piperidine rings is 1. The summed E-state index contributed by atoms with van der Waals surface area (Å²) in [5.41, 5.74) is 2.79. The van der Waals surface area contributed by atoms with Crippen molar-refractivity contribution in [3.8, 4) is 5.75 Å². The van der Waals surface area contributed by atoms with Crippen LogP contribution in [-0.2, 0) is 0 Å². The first-order valence-corrected chi connectivity index (χ1v) is 9.40. The minimum absolute atomic E-state index is 0.0632. The molecule has 4 rings (SSSR count). The second-order valence-corrected chi connectivity index (χ2v) is 7.31. The Bertz CT molecular complexity index is 920. The van der Waals surface area contributed by atoms with Crippen LogP contribution >= 0.6 is 0 Å². The SMILES string of the molecule is COc1cccc(NC(=O)N2CCC3(CC2)NC(=O)c2cccc(C)c2N3)c1. The van der Waals surface area contributed by atoms with Crippen LogP contribution in [0.5, 0.6) is 5.75 Å². The summed E-state index contributed by atoms with van der Waals surface area (Å²) in [5.74, 6) is 0.630. The first-order valence-electron chi connectivity index (χ1n) is 9.40. The van der Waals surface area contributed by atoms with Crippen LogP contribution in [-0.4, -0.2) is 42.7 Å². The zero-order chi connectivity index (χ0) is 19.7. The number of fused-ring (bicyclic) bond motifs is 1. The number of likely N-dealkylation sites (tertiary alicyclic amines) is 1. The van der Waals surface area contributed by atoms with E-state index in [1.54, 1.807) is 18.1 Å². The average Bonchev–Trinajstić information content (AvgIpc) is 2.69. The molecule has 7 nitrogen and oxygen atoms in total. The first kappa shape index (κ1) is 18.2. The number of ether oxygens (including phenoxy) is 1. The number of amides is 3. The van der Waals surface area contributed by atoms with Gasteiger partial charge < -0.3 is 25.6 Å². The number of benzene rings is 2. The number of carbonyl (C=O) groups excluding carboxylic acids is 2. The van der Waals surface area contributed by atoms with E-state index < -0.39 is 5.66 Å². The highest BCUT2D eigenvalue weighted by molar-refractivity contribution is 6.03. The van der Waals surface area contributed by atoms with Crippen LogP contribution in [0.4, 0.5) is 16.2 Å². The van der Waals surface area contributed by atoms with Crippen LogP contribution in [0.3, 0.4) is 0 Å². The minimum atomic E-state index is -0.511. The summed E-state index contributed by atoms with van der Waals surface area (Å²) in [6.07, 6.45) is 1.27. The highest BCUT2D eigenvalue weighted by Crippen LogP contribution is 2.33. The summed E-state index contributed by atoms with van der Waals surface area (Å²) in [7, 11) is 1.59. The Morgan fingerprint density at radius 3 is 2.64 bits per heavy atom. The molecule has 1 fully saturated rings. The molecule has 1 saturated heterocycles. The topological polar surface area (TPSA) is 82.7 Å². The standard InChI is InChI=1S/C21H24N4O3/c1-14-5-3-8-17-18(14)23-21(24-19(17)26)9-11-25(12-10-21)20(27)22-15-6-4-7-16(13-15)28-2/h3-8,13,23H,9-12H2,1-2H3,(H,22,27)(H,24,26). The van der Waals surface area contributed by atoms with Gasteiger partial charge in [-0.25, -0.2) is 4.79 Å². The Balaban J connectivity index is 1.42. The monoisotopic (exact) mass is 380 g/mol. The number of hydrogen-bond acceptors (Lipinski definition) is 4. The van der Waals surface area contributed by atoms with Crippen LogP contribution in [0.2, 0.25) is 0 Å². The lowest BCUT2D eigenvalue weighted by atomic mass is 9.91. The van der Waals surface area contributed by atoms with E-state index in [1.165, 1.54) is 0 Å². The second kappa shape index (κ2) is 7.07. The third kappa shape index (κ3) is 3.35. The molecule has 1 spiro atoms. The van der Waals surface area contributed by atoms with Crippen LogP contribution in [0.25, 0.3) is 0 Å². The maximum atomic E-state index is 12.6. The van der Waals surface area contributed by atoms with E-state index in [1.807, 2.05) is 43.3 Å². The van der Waals surface area contributed by atoms with E-state index in [9.17, 15) is 9.59 Å². The fourth-order valence-electron chi connectivity index (χ4n) is 3.82. The van der Waals surface area contributed by atoms with Gasteiger partial charge in [0.2, 0.25) is 0 Å². The van der Waals surface area contributed by atoms with E-state index in [0.29, 0.717) is 42.9 Å². The summed E-state index contributed by atoms with van der Waals surface area (Å²) >= 11 is 0. The number of methoxy groups -OCH3 is 1. The third-order valence-electron chi connectivity index (χ3n) is 5.46. The molecular weight excluding hydrogens is 356 g/mol. The molecule has 0 saturated carbocycles. The maximum absolute atomic E-state index is 12.6. The van der Waals surface area contributed by atoms with Crippen molar-refractivity contribution in [2.45, 2.75) is 25.4 Å². The highest BCUT2D eigenvalue weighted by atomic mass is 16.5. The van der Waals surface area contributed by atoms with Gasteiger partial charge in [0.25, 0.3) is 5.91 Å². The molecule has 3 amide bonds. The van der Waals surface area contributed by atoms with Crippen molar-refractivity contribution in [1.29, 1.82) is 0 Å². The van der Waals surface area contributed by atoms with Crippen molar-refractivity contribution >= 4 is 23.3 Å². The van der Waals surface area contributed by atoms with Crippen molar-refractivity contribution in [1.82, 2.24) is 10.2 Å². The summed E-state index contributed by atoms with van der Waals surface area (Å²) in [4.78, 5) is 27.0. The summed E-state index contributed by atoms with van der Waals surface area (Å²) in [6.45, 7) is 3.09. The molecular formula is C21H24N4O3. The van der Waals surface area contributed by atoms with Crippen molar-refractivity contribution in [3.63, 3.8) is 0 Å². The fraction of sp³-hybridized carbons (Fsp3) is 0.333. The van der Waals surface area contributed by atoms with Gasteiger partial charge in [-0.3, -0.25) is 4.79 Å². The van der Waals surface area contributed by atoms with Gasteiger partial charge in [0, 0.05) is 37.7 Å². The molecule has 0 aliphatic carbocycles.